The third kappa shape index (κ3) is 5.69. The van der Waals surface area contributed by atoms with Gasteiger partial charge < -0.3 is 5.32 Å². The van der Waals surface area contributed by atoms with Gasteiger partial charge in [0.15, 0.2) is 0 Å². The number of hydrogen-bond acceptors (Lipinski definition) is 3. The SMILES string of the molecule is Cc1ccc(Cl)cc1NC(=O)CN(CCc1ccccc1)S(=O)(=O)c1ccccc1. The van der Waals surface area contributed by atoms with Gasteiger partial charge in [-0.3, -0.25) is 4.79 Å². The van der Waals surface area contributed by atoms with E-state index in [4.69, 9.17) is 11.6 Å². The molecule has 0 aromatic heterocycles. The number of aryl methyl sites for hydroxylation is 1. The largest absolute Gasteiger partial charge is 0.325 e. The van der Waals surface area contributed by atoms with Gasteiger partial charge in [0.1, 0.15) is 0 Å². The number of carbonyl (C=O) groups is 1. The third-order valence-electron chi connectivity index (χ3n) is 4.67. The lowest BCUT2D eigenvalue weighted by atomic mass is 10.1. The molecule has 3 rings (SSSR count). The fourth-order valence-electron chi connectivity index (χ4n) is 3.00. The molecule has 0 aliphatic rings. The first-order chi connectivity index (χ1) is 14.4. The van der Waals surface area contributed by atoms with Crippen LogP contribution in [0.15, 0.2) is 83.8 Å². The number of amides is 1. The second-order valence-electron chi connectivity index (χ2n) is 6.89. The Morgan fingerprint density at radius 1 is 0.967 bits per heavy atom. The summed E-state index contributed by atoms with van der Waals surface area (Å²) in [6.07, 6.45) is 0.496. The zero-order valence-corrected chi connectivity index (χ0v) is 18.2. The fourth-order valence-corrected chi connectivity index (χ4v) is 4.59. The molecule has 1 amide bonds. The van der Waals surface area contributed by atoms with Crippen LogP contribution >= 0.6 is 11.6 Å². The topological polar surface area (TPSA) is 66.5 Å². The molecule has 0 radical (unpaired) electrons. The van der Waals surface area contributed by atoms with Crippen LogP contribution in [0.2, 0.25) is 5.02 Å². The van der Waals surface area contributed by atoms with Crippen molar-refractivity contribution in [2.24, 2.45) is 0 Å². The Kier molecular flexibility index (Phi) is 7.26. The molecule has 7 heteroatoms. The second kappa shape index (κ2) is 9.89. The molecule has 0 saturated heterocycles. The molecule has 0 spiro atoms. The molecular formula is C23H23ClN2O3S. The molecule has 3 aromatic carbocycles. The van der Waals surface area contributed by atoms with Crippen LogP contribution in [-0.4, -0.2) is 31.7 Å². The molecule has 0 heterocycles. The van der Waals surface area contributed by atoms with Crippen LogP contribution in [0.4, 0.5) is 5.69 Å². The zero-order chi connectivity index (χ0) is 21.6. The number of rotatable bonds is 8. The van der Waals surface area contributed by atoms with Gasteiger partial charge in [-0.2, -0.15) is 4.31 Å². The van der Waals surface area contributed by atoms with Crippen molar-refractivity contribution >= 4 is 33.2 Å². The smallest absolute Gasteiger partial charge is 0.243 e. The number of nitrogens with one attached hydrogen (secondary N) is 1. The van der Waals surface area contributed by atoms with E-state index in [1.165, 1.54) is 16.4 Å². The number of carbonyl (C=O) groups excluding carboxylic acids is 1. The molecule has 156 valence electrons. The Morgan fingerprint density at radius 2 is 1.60 bits per heavy atom. The molecule has 1 N–H and O–H groups in total. The molecule has 5 nitrogen and oxygen atoms in total. The highest BCUT2D eigenvalue weighted by molar-refractivity contribution is 7.89. The number of benzene rings is 3. The van der Waals surface area contributed by atoms with Gasteiger partial charge in [-0.25, -0.2) is 8.42 Å². The van der Waals surface area contributed by atoms with Crippen LogP contribution in [0, 0.1) is 6.92 Å². The first-order valence-corrected chi connectivity index (χ1v) is 11.3. The summed E-state index contributed by atoms with van der Waals surface area (Å²) in [6.45, 7) is 1.74. The highest BCUT2D eigenvalue weighted by Gasteiger charge is 2.26. The monoisotopic (exact) mass is 442 g/mol. The number of hydrogen-bond donors (Lipinski definition) is 1. The lowest BCUT2D eigenvalue weighted by Crippen LogP contribution is -2.39. The molecule has 0 aliphatic heterocycles. The number of sulfonamides is 1. The first-order valence-electron chi connectivity index (χ1n) is 9.51. The van der Waals surface area contributed by atoms with Crippen molar-refractivity contribution in [3.8, 4) is 0 Å². The fraction of sp³-hybridized carbons (Fsp3) is 0.174. The highest BCUT2D eigenvalue weighted by Crippen LogP contribution is 2.21. The van der Waals surface area contributed by atoms with Crippen molar-refractivity contribution in [3.63, 3.8) is 0 Å². The quantitative estimate of drug-likeness (QED) is 0.557. The van der Waals surface area contributed by atoms with E-state index < -0.39 is 15.9 Å². The maximum Gasteiger partial charge on any atom is 0.243 e. The minimum atomic E-state index is -3.83. The van der Waals surface area contributed by atoms with Crippen LogP contribution in [0.3, 0.4) is 0 Å². The summed E-state index contributed by atoms with van der Waals surface area (Å²) >= 11 is 6.02. The van der Waals surface area contributed by atoms with Crippen LogP contribution in [0.25, 0.3) is 0 Å². The van der Waals surface area contributed by atoms with Gasteiger partial charge in [-0.1, -0.05) is 66.2 Å². The minimum absolute atomic E-state index is 0.157. The molecule has 0 atom stereocenters. The third-order valence-corrected chi connectivity index (χ3v) is 6.76. The summed E-state index contributed by atoms with van der Waals surface area (Å²) in [5.74, 6) is -0.423. The Morgan fingerprint density at radius 3 is 2.27 bits per heavy atom. The maximum atomic E-state index is 13.2. The van der Waals surface area contributed by atoms with Crippen molar-refractivity contribution in [3.05, 3.63) is 95.0 Å². The van der Waals surface area contributed by atoms with Crippen molar-refractivity contribution in [1.29, 1.82) is 0 Å². The van der Waals surface area contributed by atoms with Gasteiger partial charge in [-0.15, -0.1) is 0 Å². The standard InChI is InChI=1S/C23H23ClN2O3S/c1-18-12-13-20(24)16-22(18)25-23(27)17-26(15-14-19-8-4-2-5-9-19)30(28,29)21-10-6-3-7-11-21/h2-13,16H,14-15,17H2,1H3,(H,25,27). The van der Waals surface area contributed by atoms with E-state index in [1.807, 2.05) is 37.3 Å². The Labute approximate surface area is 182 Å². The van der Waals surface area contributed by atoms with Crippen molar-refractivity contribution < 1.29 is 13.2 Å². The number of halogens is 1. The van der Waals surface area contributed by atoms with E-state index in [0.29, 0.717) is 17.1 Å². The molecule has 0 aliphatic carbocycles. The van der Waals surface area contributed by atoms with E-state index in [2.05, 4.69) is 5.32 Å². The molecule has 3 aromatic rings. The molecule has 0 unspecified atom stereocenters. The van der Waals surface area contributed by atoms with Crippen molar-refractivity contribution in [2.45, 2.75) is 18.2 Å². The molecule has 0 saturated carbocycles. The second-order valence-corrected chi connectivity index (χ2v) is 9.27. The Bertz CT molecular complexity index is 1100. The first kappa shape index (κ1) is 22.0. The van der Waals surface area contributed by atoms with E-state index in [0.717, 1.165) is 11.1 Å². The average Bonchev–Trinajstić information content (AvgIpc) is 2.75. The predicted octanol–water partition coefficient (Wildman–Crippen LogP) is 4.52. The van der Waals surface area contributed by atoms with E-state index in [1.54, 1.807) is 36.4 Å². The summed E-state index contributed by atoms with van der Waals surface area (Å²) in [6, 6.07) is 22.9. The summed E-state index contributed by atoms with van der Waals surface area (Å²) < 4.78 is 27.6. The van der Waals surface area contributed by atoms with E-state index in [-0.39, 0.29) is 18.0 Å². The van der Waals surface area contributed by atoms with Gasteiger partial charge in [0.2, 0.25) is 15.9 Å². The molecule has 0 fully saturated rings. The summed E-state index contributed by atoms with van der Waals surface area (Å²) in [5, 5.41) is 3.27. The number of nitrogens with zero attached hydrogens (tertiary/aromatic N) is 1. The molecule has 0 bridgehead atoms. The molecular weight excluding hydrogens is 420 g/mol. The van der Waals surface area contributed by atoms with Gasteiger partial charge in [0, 0.05) is 17.3 Å². The normalized spacial score (nSPS) is 11.4. The van der Waals surface area contributed by atoms with E-state index >= 15 is 0 Å². The Balaban J connectivity index is 1.81. The lowest BCUT2D eigenvalue weighted by Gasteiger charge is -2.22. The minimum Gasteiger partial charge on any atom is -0.325 e. The number of anilines is 1. The van der Waals surface area contributed by atoms with Crippen molar-refractivity contribution in [1.82, 2.24) is 4.31 Å². The van der Waals surface area contributed by atoms with Gasteiger partial charge in [0.05, 0.1) is 11.4 Å². The summed E-state index contributed by atoms with van der Waals surface area (Å²) in [7, 11) is -3.83. The highest BCUT2D eigenvalue weighted by atomic mass is 35.5. The van der Waals surface area contributed by atoms with Crippen LogP contribution in [-0.2, 0) is 21.2 Å². The van der Waals surface area contributed by atoms with Crippen LogP contribution < -0.4 is 5.32 Å². The zero-order valence-electron chi connectivity index (χ0n) is 16.6. The lowest BCUT2D eigenvalue weighted by molar-refractivity contribution is -0.116. The van der Waals surface area contributed by atoms with Crippen LogP contribution in [0.1, 0.15) is 11.1 Å². The average molecular weight is 443 g/mol. The summed E-state index contributed by atoms with van der Waals surface area (Å²) in [4.78, 5) is 12.9. The van der Waals surface area contributed by atoms with Gasteiger partial charge >= 0.3 is 0 Å². The molecule has 30 heavy (non-hydrogen) atoms. The van der Waals surface area contributed by atoms with E-state index in [9.17, 15) is 13.2 Å². The van der Waals surface area contributed by atoms with Gasteiger partial charge in [-0.05, 0) is 48.7 Å². The van der Waals surface area contributed by atoms with Crippen molar-refractivity contribution in [2.75, 3.05) is 18.4 Å². The maximum absolute atomic E-state index is 13.2. The predicted molar refractivity (Wildman–Crippen MR) is 120 cm³/mol. The van der Waals surface area contributed by atoms with Crippen LogP contribution in [0.5, 0.6) is 0 Å². The summed E-state index contributed by atoms with van der Waals surface area (Å²) in [5.41, 5.74) is 2.40. The van der Waals surface area contributed by atoms with Gasteiger partial charge in [0.25, 0.3) is 0 Å². The Hall–Kier alpha value is -2.67.